The van der Waals surface area contributed by atoms with Gasteiger partial charge in [0, 0.05) is 0 Å². The molecule has 0 spiro atoms. The molecule has 1 heterocycles. The first-order chi connectivity index (χ1) is 8.27. The van der Waals surface area contributed by atoms with Gasteiger partial charge in [0.1, 0.15) is 5.75 Å². The Labute approximate surface area is 101 Å². The fraction of sp³-hybridized carbons (Fsp3) is 0.462. The van der Waals surface area contributed by atoms with Crippen molar-refractivity contribution in [1.82, 2.24) is 5.32 Å². The van der Waals surface area contributed by atoms with Crippen molar-refractivity contribution >= 4 is 5.97 Å². The van der Waals surface area contributed by atoms with Gasteiger partial charge in [0.15, 0.2) is 6.10 Å². The topological polar surface area (TPSA) is 58.6 Å². The predicted molar refractivity (Wildman–Crippen MR) is 63.7 cm³/mol. The lowest BCUT2D eigenvalue weighted by Gasteiger charge is -2.25. The van der Waals surface area contributed by atoms with E-state index in [1.807, 2.05) is 6.07 Å². The third kappa shape index (κ3) is 3.28. The zero-order valence-corrected chi connectivity index (χ0v) is 9.63. The molecule has 1 fully saturated rings. The third-order valence-electron chi connectivity index (χ3n) is 3.03. The van der Waals surface area contributed by atoms with Gasteiger partial charge in [-0.2, -0.15) is 0 Å². The summed E-state index contributed by atoms with van der Waals surface area (Å²) < 4.78 is 5.12. The summed E-state index contributed by atoms with van der Waals surface area (Å²) in [5.74, 6) is -0.0685. The highest BCUT2D eigenvalue weighted by molar-refractivity contribution is 5.77. The molecule has 2 N–H and O–H groups in total. The number of rotatable bonds is 3. The van der Waals surface area contributed by atoms with Crippen molar-refractivity contribution in [3.8, 4) is 5.75 Å². The maximum Gasteiger partial charge on any atom is 0.340 e. The fourth-order valence-electron chi connectivity index (χ4n) is 2.02. The Morgan fingerprint density at radius 1 is 1.29 bits per heavy atom. The number of ether oxygens (including phenoxy) is 1. The van der Waals surface area contributed by atoms with Crippen LogP contribution in [0.1, 0.15) is 12.8 Å². The quantitative estimate of drug-likeness (QED) is 0.605. The number of carbonyl (C=O) groups is 1. The maximum absolute atomic E-state index is 11.7. The average molecular weight is 235 g/mol. The van der Waals surface area contributed by atoms with Gasteiger partial charge < -0.3 is 15.2 Å². The van der Waals surface area contributed by atoms with Crippen molar-refractivity contribution in [2.75, 3.05) is 13.1 Å². The van der Waals surface area contributed by atoms with Gasteiger partial charge in [-0.15, -0.1) is 0 Å². The Bertz CT molecular complexity index is 360. The molecule has 4 heteroatoms. The van der Waals surface area contributed by atoms with Crippen LogP contribution in [0.4, 0.5) is 0 Å². The number of nitrogens with one attached hydrogen (secondary N) is 1. The normalized spacial score (nSPS) is 18.6. The van der Waals surface area contributed by atoms with Crippen LogP contribution in [-0.4, -0.2) is 30.3 Å². The van der Waals surface area contributed by atoms with Crippen LogP contribution in [0.2, 0.25) is 0 Å². The summed E-state index contributed by atoms with van der Waals surface area (Å²) in [6.45, 7) is 1.70. The van der Waals surface area contributed by atoms with Gasteiger partial charge in [-0.3, -0.25) is 0 Å². The van der Waals surface area contributed by atoms with Gasteiger partial charge in [0.25, 0.3) is 0 Å². The van der Waals surface area contributed by atoms with E-state index >= 15 is 0 Å². The number of para-hydroxylation sites is 1. The summed E-state index contributed by atoms with van der Waals surface area (Å²) in [6.07, 6.45) is 0.605. The molecule has 0 aromatic heterocycles. The number of hydrogen-bond acceptors (Lipinski definition) is 4. The smallest absolute Gasteiger partial charge is 0.340 e. The van der Waals surface area contributed by atoms with Crippen LogP contribution in [0.5, 0.6) is 5.75 Å². The Hall–Kier alpha value is -1.39. The third-order valence-corrected chi connectivity index (χ3v) is 3.03. The Morgan fingerprint density at radius 2 is 1.94 bits per heavy atom. The van der Waals surface area contributed by atoms with Crippen LogP contribution < -0.4 is 10.1 Å². The van der Waals surface area contributed by atoms with E-state index in [2.05, 4.69) is 5.32 Å². The summed E-state index contributed by atoms with van der Waals surface area (Å²) in [6, 6.07) is 8.83. The van der Waals surface area contributed by atoms with E-state index in [0.29, 0.717) is 5.75 Å². The molecular formula is C13H17NO3. The van der Waals surface area contributed by atoms with Crippen molar-refractivity contribution < 1.29 is 14.6 Å². The van der Waals surface area contributed by atoms with Gasteiger partial charge in [0.05, 0.1) is 0 Å². The summed E-state index contributed by atoms with van der Waals surface area (Å²) >= 11 is 0. The van der Waals surface area contributed by atoms with Crippen molar-refractivity contribution in [1.29, 1.82) is 0 Å². The van der Waals surface area contributed by atoms with Crippen LogP contribution in [0.3, 0.4) is 0 Å². The molecule has 1 atom stereocenters. The molecule has 2 rings (SSSR count). The summed E-state index contributed by atoms with van der Waals surface area (Å²) in [5.41, 5.74) is 0. The minimum absolute atomic E-state index is 0.00691. The highest BCUT2D eigenvalue weighted by Crippen LogP contribution is 2.18. The molecule has 0 bridgehead atoms. The van der Waals surface area contributed by atoms with Gasteiger partial charge >= 0.3 is 5.97 Å². The van der Waals surface area contributed by atoms with Crippen LogP contribution in [0.25, 0.3) is 0 Å². The lowest BCUT2D eigenvalue weighted by molar-refractivity contribution is -0.147. The van der Waals surface area contributed by atoms with E-state index in [0.717, 1.165) is 25.9 Å². The van der Waals surface area contributed by atoms with E-state index < -0.39 is 12.1 Å². The van der Waals surface area contributed by atoms with Crippen LogP contribution >= 0.6 is 0 Å². The molecule has 0 radical (unpaired) electrons. The van der Waals surface area contributed by atoms with Crippen LogP contribution in [0.15, 0.2) is 30.3 Å². The number of aliphatic hydroxyl groups is 1. The molecule has 1 saturated heterocycles. The zero-order chi connectivity index (χ0) is 12.1. The Balaban J connectivity index is 1.90. The Morgan fingerprint density at radius 3 is 2.59 bits per heavy atom. The van der Waals surface area contributed by atoms with Crippen molar-refractivity contribution in [2.24, 2.45) is 5.92 Å². The summed E-state index contributed by atoms with van der Waals surface area (Å²) in [7, 11) is 0. The van der Waals surface area contributed by atoms with Gasteiger partial charge in [0.2, 0.25) is 0 Å². The first kappa shape index (κ1) is 12.1. The molecule has 0 amide bonds. The molecule has 1 unspecified atom stereocenters. The monoisotopic (exact) mass is 235 g/mol. The highest BCUT2D eigenvalue weighted by atomic mass is 16.5. The first-order valence-corrected chi connectivity index (χ1v) is 5.93. The second-order valence-electron chi connectivity index (χ2n) is 4.27. The molecular weight excluding hydrogens is 218 g/mol. The fourth-order valence-corrected chi connectivity index (χ4v) is 2.02. The second kappa shape index (κ2) is 5.80. The number of aliphatic hydroxyl groups excluding tert-OH is 1. The number of esters is 1. The molecule has 1 aromatic rings. The molecule has 0 aliphatic carbocycles. The van der Waals surface area contributed by atoms with Gasteiger partial charge in [-0.05, 0) is 44.0 Å². The molecule has 1 aromatic carbocycles. The van der Waals surface area contributed by atoms with E-state index in [4.69, 9.17) is 4.74 Å². The van der Waals surface area contributed by atoms with E-state index in [1.165, 1.54) is 0 Å². The van der Waals surface area contributed by atoms with Crippen molar-refractivity contribution in [3.05, 3.63) is 30.3 Å². The number of hydrogen-bond donors (Lipinski definition) is 2. The second-order valence-corrected chi connectivity index (χ2v) is 4.27. The number of piperidine rings is 1. The van der Waals surface area contributed by atoms with Crippen LogP contribution in [0, 0.1) is 5.92 Å². The first-order valence-electron chi connectivity index (χ1n) is 5.93. The summed E-state index contributed by atoms with van der Waals surface area (Å²) in [5, 5.41) is 13.1. The van der Waals surface area contributed by atoms with Crippen molar-refractivity contribution in [2.45, 2.75) is 18.9 Å². The minimum Gasteiger partial charge on any atom is -0.425 e. The molecule has 4 nitrogen and oxygen atoms in total. The minimum atomic E-state index is -1.02. The SMILES string of the molecule is O=C(Oc1ccccc1)C(O)C1CCNCC1. The predicted octanol–water partition coefficient (Wildman–Crippen LogP) is 0.952. The van der Waals surface area contributed by atoms with E-state index in [9.17, 15) is 9.90 Å². The zero-order valence-electron chi connectivity index (χ0n) is 9.63. The molecule has 92 valence electrons. The number of benzene rings is 1. The molecule has 0 saturated carbocycles. The lowest BCUT2D eigenvalue weighted by atomic mass is 9.92. The van der Waals surface area contributed by atoms with Crippen LogP contribution in [-0.2, 0) is 4.79 Å². The van der Waals surface area contributed by atoms with E-state index in [-0.39, 0.29) is 5.92 Å². The van der Waals surface area contributed by atoms with E-state index in [1.54, 1.807) is 24.3 Å². The summed E-state index contributed by atoms with van der Waals surface area (Å²) in [4.78, 5) is 11.7. The Kier molecular flexibility index (Phi) is 4.12. The number of carbonyl (C=O) groups excluding carboxylic acids is 1. The average Bonchev–Trinajstić information content (AvgIpc) is 2.40. The highest BCUT2D eigenvalue weighted by Gasteiger charge is 2.28. The standard InChI is InChI=1S/C13H17NO3/c15-12(10-6-8-14-9-7-10)13(16)17-11-4-2-1-3-5-11/h1-5,10,12,14-15H,6-9H2. The van der Waals surface area contributed by atoms with Crippen molar-refractivity contribution in [3.63, 3.8) is 0 Å². The molecule has 17 heavy (non-hydrogen) atoms. The molecule has 1 aliphatic rings. The largest absolute Gasteiger partial charge is 0.425 e. The maximum atomic E-state index is 11.7. The lowest BCUT2D eigenvalue weighted by Crippen LogP contribution is -2.39. The molecule has 1 aliphatic heterocycles. The van der Waals surface area contributed by atoms with Gasteiger partial charge in [-0.25, -0.2) is 4.79 Å². The van der Waals surface area contributed by atoms with Gasteiger partial charge in [-0.1, -0.05) is 18.2 Å².